The van der Waals surface area contributed by atoms with Gasteiger partial charge in [-0.05, 0) is 0 Å². The number of aliphatic hydroxyl groups excluding tert-OH is 6. The van der Waals surface area contributed by atoms with Crippen molar-refractivity contribution >= 4 is 75.0 Å². The predicted octanol–water partition coefficient (Wildman–Crippen LogP) is -3.65. The summed E-state index contributed by atoms with van der Waals surface area (Å²) in [5.74, 6) is -2.40. The number of anilines is 1. The van der Waals surface area contributed by atoms with Crippen LogP contribution in [0.15, 0.2) is 25.3 Å². The van der Waals surface area contributed by atoms with Crippen molar-refractivity contribution in [1.82, 2.24) is 35.5 Å². The fourth-order valence-electron chi connectivity index (χ4n) is 7.07. The van der Waals surface area contributed by atoms with Gasteiger partial charge in [-0.25, -0.2) is 28.6 Å². The monoisotopic (exact) mass is 1080 g/mol. The smallest absolute Gasteiger partial charge is 0.394 e. The van der Waals surface area contributed by atoms with Gasteiger partial charge in [0.05, 0.1) is 38.3 Å². The number of imidazole rings is 1. The number of nitrogens with two attached hydrogens (primary N) is 1. The highest BCUT2D eigenvalue weighted by Gasteiger charge is 2.54. The minimum absolute atomic E-state index is 0.00326. The van der Waals surface area contributed by atoms with Crippen LogP contribution in [-0.4, -0.2) is 192 Å². The first kappa shape index (κ1) is 59.1. The van der Waals surface area contributed by atoms with Crippen LogP contribution >= 0.6 is 35.2 Å². The van der Waals surface area contributed by atoms with Gasteiger partial charge in [0.25, 0.3) is 0 Å². The number of aliphatic hydroxyl groups is 6. The van der Waals surface area contributed by atoms with E-state index in [2.05, 4.69) is 46.3 Å². The van der Waals surface area contributed by atoms with Gasteiger partial charge in [0.2, 0.25) is 22.8 Å². The number of aromatic nitrogens is 4. The third kappa shape index (κ3) is 15.8. The van der Waals surface area contributed by atoms with E-state index < -0.39 is 138 Å². The molecule has 0 aromatic carbocycles. The average molecular weight is 1080 g/mol. The maximum Gasteiger partial charge on any atom is 0.481 e. The Hall–Kier alpha value is -3.43. The van der Waals surface area contributed by atoms with E-state index in [9.17, 15) is 83.1 Å². The van der Waals surface area contributed by atoms with Crippen molar-refractivity contribution < 1.29 is 110 Å². The van der Waals surface area contributed by atoms with Crippen LogP contribution in [0.2, 0.25) is 0 Å². The Labute approximate surface area is 401 Å². The highest BCUT2D eigenvalue weighted by Crippen LogP contribution is 2.61. The summed E-state index contributed by atoms with van der Waals surface area (Å²) < 4.78 is 68.4. The van der Waals surface area contributed by atoms with E-state index in [1.807, 2.05) is 0 Å². The van der Waals surface area contributed by atoms with Crippen molar-refractivity contribution in [2.45, 2.75) is 107 Å². The Bertz CT molecular complexity index is 2330. The molecular weight excluding hydrogens is 1030 g/mol. The van der Waals surface area contributed by atoms with Gasteiger partial charge >= 0.3 is 23.5 Å². The number of nitrogens with zero attached hydrogens (tertiary/aromatic N) is 4. The second-order valence-electron chi connectivity index (χ2n) is 16.5. The van der Waals surface area contributed by atoms with Crippen molar-refractivity contribution in [1.29, 1.82) is 0 Å². The highest BCUT2D eigenvalue weighted by atomic mass is 32.2. The zero-order valence-corrected chi connectivity index (χ0v) is 41.0. The fraction of sp³-hybridized carbons (Fsp3) is 0.686. The number of carbonyl (C=O) groups excluding carboxylic acids is 4. The van der Waals surface area contributed by atoms with E-state index in [0.29, 0.717) is 11.8 Å². The number of hydrogen-bond acceptors (Lipinski definition) is 24. The number of ether oxygens (including phenoxy) is 2. The Morgan fingerprint density at radius 3 is 2.36 bits per heavy atom. The summed E-state index contributed by atoms with van der Waals surface area (Å²) in [6.07, 6.45) is -13.1. The van der Waals surface area contributed by atoms with Gasteiger partial charge in [-0.1, -0.05) is 31.7 Å². The van der Waals surface area contributed by atoms with Gasteiger partial charge in [-0.3, -0.25) is 37.3 Å². The first-order valence-corrected chi connectivity index (χ1v) is 26.2. The molecule has 396 valence electrons. The lowest BCUT2D eigenvalue weighted by molar-refractivity contribution is -0.214. The van der Waals surface area contributed by atoms with Gasteiger partial charge in [0, 0.05) is 50.4 Å². The van der Waals surface area contributed by atoms with E-state index in [1.54, 1.807) is 0 Å². The number of nitrogen functional groups attached to an aromatic ring is 1. The Kier molecular flexibility index (Phi) is 20.7. The van der Waals surface area contributed by atoms with Crippen LogP contribution in [0.3, 0.4) is 0 Å². The summed E-state index contributed by atoms with van der Waals surface area (Å²) in [5, 5.41) is 69.3. The van der Waals surface area contributed by atoms with Gasteiger partial charge in [0.1, 0.15) is 60.2 Å². The molecule has 2 saturated heterocycles. The molecule has 2 aliphatic heterocycles. The van der Waals surface area contributed by atoms with Crippen molar-refractivity contribution in [2.75, 3.05) is 44.4 Å². The zero-order valence-electron chi connectivity index (χ0n) is 37.5. The van der Waals surface area contributed by atoms with E-state index in [1.165, 1.54) is 19.9 Å². The van der Waals surface area contributed by atoms with Gasteiger partial charge in [-0.2, -0.15) is 4.31 Å². The lowest BCUT2D eigenvalue weighted by atomic mass is 9.82. The number of phosphoric acid groups is 3. The quantitative estimate of drug-likeness (QED) is 0.0245. The molecule has 0 spiro atoms. The van der Waals surface area contributed by atoms with Crippen molar-refractivity contribution in [3.63, 3.8) is 0 Å². The molecule has 0 radical (unpaired) electrons. The Morgan fingerprint density at radius 1 is 1.06 bits per heavy atom. The molecule has 13 atom stereocenters. The van der Waals surface area contributed by atoms with Gasteiger partial charge < -0.3 is 81.4 Å². The molecule has 2 aliphatic rings. The van der Waals surface area contributed by atoms with Crippen molar-refractivity contribution in [3.8, 4) is 0 Å². The summed E-state index contributed by atoms with van der Waals surface area (Å²) in [6.45, 7) is 3.68. The van der Waals surface area contributed by atoms with E-state index in [-0.39, 0.29) is 55.1 Å². The number of phosphoric ester groups is 3. The normalized spacial score (nSPS) is 27.1. The molecule has 0 saturated carbocycles. The number of nitrogens with one attached hydrogen (secondary N) is 3. The molecular formula is C35H57N8O23P3S. The molecule has 2 fully saturated rings. The first-order chi connectivity index (χ1) is 32.5. The lowest BCUT2D eigenvalue weighted by Crippen LogP contribution is -2.66. The zero-order chi connectivity index (χ0) is 52.6. The third-order valence-electron chi connectivity index (χ3n) is 10.5. The van der Waals surface area contributed by atoms with Crippen LogP contribution in [0.1, 0.15) is 46.3 Å². The summed E-state index contributed by atoms with van der Waals surface area (Å²) in [7, 11) is -16.6. The van der Waals surface area contributed by atoms with Crippen LogP contribution in [0.4, 0.5) is 5.82 Å². The topological polar surface area (TPSA) is 483 Å². The molecule has 4 heterocycles. The molecule has 15 N–H and O–H groups in total. The summed E-state index contributed by atoms with van der Waals surface area (Å²) in [4.78, 5) is 102. The molecule has 35 heteroatoms. The summed E-state index contributed by atoms with van der Waals surface area (Å²) >= 11 is 0.696. The summed E-state index contributed by atoms with van der Waals surface area (Å²) in [5.41, 5.74) is 2.33. The molecule has 3 amide bonds. The van der Waals surface area contributed by atoms with Crippen molar-refractivity contribution in [3.05, 3.63) is 25.3 Å². The van der Waals surface area contributed by atoms with E-state index in [0.717, 1.165) is 24.1 Å². The third-order valence-corrected chi connectivity index (χ3v) is 14.7. The SMILES string of the molecule is C=CCC1(C(=O)SCCNC(=O)CCNC(=O)C(O)C(C)(C)COP(=O)(O)OP(=O)(O)OCC2OC(n3cnc4c(N)ncnc43)C(O)C2OP(=O)(O)O)CC(O)C(NC(C)=O)C(C(O)C(O)CO)O1. The minimum Gasteiger partial charge on any atom is -0.394 e. The lowest BCUT2D eigenvalue weighted by Gasteiger charge is -2.48. The second kappa shape index (κ2) is 24.5. The first-order valence-electron chi connectivity index (χ1n) is 20.7. The molecule has 0 aliphatic carbocycles. The standard InChI is InChI=1S/C35H57N8O23P3S/c1-5-7-35(11-18(46)22(42-17(2)45)27(64-35)24(49)19(47)12-44)33(53)70-10-9-37-21(48)6-8-38-31(52)28(51)34(3,4)14-62-69(59,60)66-68(57,58)61-13-20-26(65-67(54,55)56)25(50)32(63-20)43-16-41-23-29(36)39-15-40-30(23)43/h5,15-16,18-20,22,24-28,32,44,46-47,49-51H,1,6-14H2,2-4H3,(H,37,48)(H,38,52)(H,42,45)(H,57,58)(H,59,60)(H2,36,39,40)(H2,54,55,56). The van der Waals surface area contributed by atoms with Gasteiger partial charge in [-0.15, -0.1) is 6.58 Å². The van der Waals surface area contributed by atoms with Gasteiger partial charge in [0.15, 0.2) is 17.7 Å². The molecule has 2 aromatic heterocycles. The van der Waals surface area contributed by atoms with Crippen LogP contribution in [-0.2, 0) is 60.2 Å². The summed E-state index contributed by atoms with van der Waals surface area (Å²) in [6, 6.07) is -1.26. The molecule has 13 unspecified atom stereocenters. The number of amides is 3. The maximum absolute atomic E-state index is 13.5. The molecule has 2 aromatic rings. The maximum atomic E-state index is 13.5. The number of carbonyl (C=O) groups is 4. The van der Waals surface area contributed by atoms with Crippen LogP contribution in [0.25, 0.3) is 11.2 Å². The molecule has 70 heavy (non-hydrogen) atoms. The molecule has 0 bridgehead atoms. The van der Waals surface area contributed by atoms with E-state index in [4.69, 9.17) is 24.3 Å². The molecule has 4 rings (SSSR count). The fourth-order valence-corrected chi connectivity index (χ4v) is 10.8. The largest absolute Gasteiger partial charge is 0.481 e. The number of hydrogen-bond donors (Lipinski definition) is 14. The average Bonchev–Trinajstić information content (AvgIpc) is 3.83. The number of rotatable bonds is 26. The second-order valence-corrected chi connectivity index (χ2v) is 21.8. The van der Waals surface area contributed by atoms with Crippen LogP contribution < -0.4 is 21.7 Å². The van der Waals surface area contributed by atoms with E-state index >= 15 is 0 Å². The highest BCUT2D eigenvalue weighted by molar-refractivity contribution is 8.13. The predicted molar refractivity (Wildman–Crippen MR) is 237 cm³/mol. The number of fused-ring (bicyclic) bond motifs is 1. The molecule has 31 nitrogen and oxygen atoms in total. The Morgan fingerprint density at radius 2 is 1.73 bits per heavy atom. The van der Waals surface area contributed by atoms with Crippen LogP contribution in [0, 0.1) is 5.41 Å². The van der Waals surface area contributed by atoms with Crippen molar-refractivity contribution in [2.24, 2.45) is 5.41 Å². The van der Waals surface area contributed by atoms with Crippen LogP contribution in [0.5, 0.6) is 0 Å². The minimum atomic E-state index is -5.64. The Balaban J connectivity index is 1.23. The number of thioether (sulfide) groups is 1.